The maximum Gasteiger partial charge on any atom is 0.138 e. The summed E-state index contributed by atoms with van der Waals surface area (Å²) in [7, 11) is 0. The van der Waals surface area contributed by atoms with Crippen molar-refractivity contribution in [2.45, 2.75) is 35.8 Å². The first-order valence-corrected chi connectivity index (χ1v) is 11.1. The van der Waals surface area contributed by atoms with Crippen molar-refractivity contribution in [2.75, 3.05) is 6.61 Å². The van der Waals surface area contributed by atoms with E-state index in [-0.39, 0.29) is 5.92 Å². The Hall–Kier alpha value is -2.64. The molecule has 0 bridgehead atoms. The summed E-state index contributed by atoms with van der Waals surface area (Å²) in [6.07, 6.45) is -3.36. The van der Waals surface area contributed by atoms with Crippen LogP contribution in [0.2, 0.25) is 0 Å². The summed E-state index contributed by atoms with van der Waals surface area (Å²) in [5, 5.41) is 54.0. The number of allylic oxidation sites excluding steroid dienone is 2. The van der Waals surface area contributed by atoms with Crippen LogP contribution in [-0.2, 0) is 4.74 Å². The van der Waals surface area contributed by atoms with Gasteiger partial charge in [-0.2, -0.15) is 5.26 Å². The third-order valence-corrected chi connectivity index (χ3v) is 6.76. The summed E-state index contributed by atoms with van der Waals surface area (Å²) in [5.74, 6) is -0.329. The first kappa shape index (κ1) is 22.6. The van der Waals surface area contributed by atoms with Gasteiger partial charge in [0.05, 0.1) is 23.3 Å². The molecule has 7 nitrogen and oxygen atoms in total. The maximum atomic E-state index is 10.5. The fourth-order valence-electron chi connectivity index (χ4n) is 3.83. The van der Waals surface area contributed by atoms with Crippen molar-refractivity contribution in [3.05, 3.63) is 88.5 Å². The van der Waals surface area contributed by atoms with E-state index in [0.29, 0.717) is 10.6 Å². The third-order valence-electron chi connectivity index (χ3n) is 5.58. The van der Waals surface area contributed by atoms with E-state index in [4.69, 9.17) is 4.74 Å². The number of nitriles is 1. The van der Waals surface area contributed by atoms with Gasteiger partial charge in [-0.25, -0.2) is 0 Å². The molecule has 5 N–H and O–H groups in total. The molecule has 2 aliphatic heterocycles. The summed E-state index contributed by atoms with van der Waals surface area (Å²) in [4.78, 5) is 0. The van der Waals surface area contributed by atoms with Crippen LogP contribution in [0.4, 0.5) is 0 Å². The number of dihydropyridines is 1. The van der Waals surface area contributed by atoms with Gasteiger partial charge in [0, 0.05) is 11.6 Å². The molecule has 1 saturated heterocycles. The minimum absolute atomic E-state index is 0.329. The topological polar surface area (TPSA) is 126 Å². The van der Waals surface area contributed by atoms with Gasteiger partial charge in [0.2, 0.25) is 0 Å². The summed E-state index contributed by atoms with van der Waals surface area (Å²) >= 11 is 1.05. The third kappa shape index (κ3) is 4.45. The molecule has 0 radical (unpaired) electrons. The van der Waals surface area contributed by atoms with Crippen LogP contribution in [0.5, 0.6) is 0 Å². The summed E-state index contributed by atoms with van der Waals surface area (Å²) < 4.78 is 5.66. The number of aliphatic hydroxyl groups excluding tert-OH is 4. The highest BCUT2D eigenvalue weighted by molar-refractivity contribution is 8.03. The fourth-order valence-corrected chi connectivity index (χ4v) is 5.03. The maximum absolute atomic E-state index is 10.5. The van der Waals surface area contributed by atoms with Gasteiger partial charge in [-0.1, -0.05) is 72.4 Å². The molecule has 4 rings (SSSR count). The fraction of sp³-hybridized carbons (Fsp3) is 0.292. The van der Waals surface area contributed by atoms with Gasteiger partial charge in [-0.3, -0.25) is 0 Å². The van der Waals surface area contributed by atoms with E-state index in [1.165, 1.54) is 0 Å². The van der Waals surface area contributed by atoms with E-state index in [1.54, 1.807) is 0 Å². The van der Waals surface area contributed by atoms with Crippen molar-refractivity contribution >= 4 is 17.5 Å². The quantitative estimate of drug-likeness (QED) is 0.464. The highest BCUT2D eigenvalue weighted by atomic mass is 32.2. The summed E-state index contributed by atoms with van der Waals surface area (Å²) in [6.45, 7) is -0.513. The Morgan fingerprint density at radius 3 is 2.22 bits per heavy atom. The SMILES string of the molecule is N#CC1=C(S[C@@H]2O[C@H](CO)[C@@H](O)[C@H](O)[C@H]2O)NC(c2ccccc2)=CC1c1ccccc1. The normalized spacial score (nSPS) is 30.3. The number of hydrogen-bond acceptors (Lipinski definition) is 8. The standard InChI is InChI=1S/C24H24N2O5S/c25-12-17-16(14-7-3-1-4-8-14)11-18(15-9-5-2-6-10-15)26-23(17)32-24-22(30)21(29)20(28)19(13-27)31-24/h1-11,16,19-22,24,26-30H,13H2/t16?,19-,20-,21+,22-,24+/m1/s1. The first-order valence-electron chi connectivity index (χ1n) is 10.2. The molecule has 2 aromatic rings. The zero-order valence-electron chi connectivity index (χ0n) is 17.1. The molecule has 0 amide bonds. The van der Waals surface area contributed by atoms with Crippen LogP contribution in [0.3, 0.4) is 0 Å². The lowest BCUT2D eigenvalue weighted by Crippen LogP contribution is -2.57. The number of hydrogen-bond donors (Lipinski definition) is 5. The van der Waals surface area contributed by atoms with Crippen molar-refractivity contribution in [1.29, 1.82) is 5.26 Å². The molecule has 1 fully saturated rings. The van der Waals surface area contributed by atoms with E-state index in [0.717, 1.165) is 28.6 Å². The van der Waals surface area contributed by atoms with Crippen molar-refractivity contribution in [3.8, 4) is 6.07 Å². The monoisotopic (exact) mass is 452 g/mol. The molecule has 0 aliphatic carbocycles. The molecule has 0 saturated carbocycles. The molecule has 8 heteroatoms. The van der Waals surface area contributed by atoms with Gasteiger partial charge < -0.3 is 30.5 Å². The molecular weight excluding hydrogens is 428 g/mol. The number of aliphatic hydroxyl groups is 4. The molecule has 166 valence electrons. The second-order valence-corrected chi connectivity index (χ2v) is 8.74. The Morgan fingerprint density at radius 2 is 1.59 bits per heavy atom. The van der Waals surface area contributed by atoms with Gasteiger partial charge in [-0.05, 0) is 17.2 Å². The van der Waals surface area contributed by atoms with E-state index < -0.39 is 36.5 Å². The molecular formula is C24H24N2O5S. The first-order chi connectivity index (χ1) is 15.5. The molecule has 6 atom stereocenters. The number of nitrogens with one attached hydrogen (secondary N) is 1. The van der Waals surface area contributed by atoms with Gasteiger partial charge in [0.15, 0.2) is 0 Å². The predicted molar refractivity (Wildman–Crippen MR) is 121 cm³/mol. The summed E-state index contributed by atoms with van der Waals surface area (Å²) in [5.41, 5.74) is 2.11. The average molecular weight is 453 g/mol. The minimum Gasteiger partial charge on any atom is -0.394 e. The van der Waals surface area contributed by atoms with Crippen LogP contribution in [0, 0.1) is 11.3 Å². The Bertz CT molecular complexity index is 1040. The lowest BCUT2D eigenvalue weighted by atomic mass is 9.88. The number of thioether (sulfide) groups is 1. The molecule has 0 aromatic heterocycles. The largest absolute Gasteiger partial charge is 0.394 e. The minimum atomic E-state index is -1.48. The zero-order chi connectivity index (χ0) is 22.7. The number of ether oxygens (including phenoxy) is 1. The van der Waals surface area contributed by atoms with Crippen LogP contribution in [0.25, 0.3) is 5.70 Å². The molecule has 32 heavy (non-hydrogen) atoms. The van der Waals surface area contributed by atoms with Gasteiger partial charge in [0.1, 0.15) is 29.9 Å². The second kappa shape index (κ2) is 9.88. The Morgan fingerprint density at radius 1 is 0.938 bits per heavy atom. The van der Waals surface area contributed by atoms with Crippen molar-refractivity contribution < 1.29 is 25.2 Å². The van der Waals surface area contributed by atoms with Crippen molar-refractivity contribution in [2.24, 2.45) is 0 Å². The van der Waals surface area contributed by atoms with E-state index in [9.17, 15) is 25.7 Å². The smallest absolute Gasteiger partial charge is 0.138 e. The van der Waals surface area contributed by atoms with E-state index in [1.807, 2.05) is 66.7 Å². The molecule has 2 aliphatic rings. The number of nitrogens with zero attached hydrogens (tertiary/aromatic N) is 1. The molecule has 1 unspecified atom stereocenters. The van der Waals surface area contributed by atoms with Crippen LogP contribution in [0.15, 0.2) is 77.3 Å². The van der Waals surface area contributed by atoms with Crippen LogP contribution < -0.4 is 5.32 Å². The van der Waals surface area contributed by atoms with Gasteiger partial charge in [0.25, 0.3) is 0 Å². The predicted octanol–water partition coefficient (Wildman–Crippen LogP) is 1.68. The number of rotatable bonds is 5. The van der Waals surface area contributed by atoms with Crippen LogP contribution in [0.1, 0.15) is 17.0 Å². The number of benzene rings is 2. The highest BCUT2D eigenvalue weighted by Crippen LogP contribution is 2.41. The van der Waals surface area contributed by atoms with E-state index >= 15 is 0 Å². The van der Waals surface area contributed by atoms with Crippen LogP contribution in [-0.4, -0.2) is 56.9 Å². The Labute approximate surface area is 190 Å². The lowest BCUT2D eigenvalue weighted by Gasteiger charge is -2.40. The zero-order valence-corrected chi connectivity index (χ0v) is 17.9. The summed E-state index contributed by atoms with van der Waals surface area (Å²) in [6, 6.07) is 21.6. The van der Waals surface area contributed by atoms with Crippen LogP contribution >= 0.6 is 11.8 Å². The highest BCUT2D eigenvalue weighted by Gasteiger charge is 2.44. The van der Waals surface area contributed by atoms with Crippen molar-refractivity contribution in [1.82, 2.24) is 5.32 Å². The second-order valence-electron chi connectivity index (χ2n) is 7.63. The van der Waals surface area contributed by atoms with E-state index in [2.05, 4.69) is 11.4 Å². The van der Waals surface area contributed by atoms with Gasteiger partial charge in [-0.15, -0.1) is 0 Å². The lowest BCUT2D eigenvalue weighted by molar-refractivity contribution is -0.205. The Balaban J connectivity index is 1.72. The molecule has 0 spiro atoms. The Kier molecular flexibility index (Phi) is 6.96. The molecule has 2 heterocycles. The van der Waals surface area contributed by atoms with Gasteiger partial charge >= 0.3 is 0 Å². The molecule has 2 aromatic carbocycles. The average Bonchev–Trinajstić information content (AvgIpc) is 2.85. The van der Waals surface area contributed by atoms with Crippen molar-refractivity contribution in [3.63, 3.8) is 0 Å².